The molecule has 1 aromatic heterocycles. The quantitative estimate of drug-likeness (QED) is 0.204. The number of phenols is 1. The lowest BCUT2D eigenvalue weighted by Crippen LogP contribution is -2.11. The molecule has 0 amide bonds. The Morgan fingerprint density at radius 2 is 1.47 bits per heavy atom. The Morgan fingerprint density at radius 3 is 2.31 bits per heavy atom. The second-order valence-corrected chi connectivity index (χ2v) is 12.6. The van der Waals surface area contributed by atoms with Crippen molar-refractivity contribution >= 4 is 33.8 Å². The Bertz CT molecular complexity index is 2230. The molecule has 0 radical (unpaired) electrons. The van der Waals surface area contributed by atoms with Crippen LogP contribution in [0, 0.1) is 6.92 Å². The van der Waals surface area contributed by atoms with Crippen LogP contribution >= 0.6 is 0 Å². The number of fused-ring (bicyclic) bond motifs is 2. The van der Waals surface area contributed by atoms with Crippen LogP contribution in [-0.2, 0) is 5.41 Å². The molecule has 0 unspecified atom stereocenters. The first-order valence-electron chi connectivity index (χ1n) is 15.2. The van der Waals surface area contributed by atoms with E-state index >= 15 is 0 Å². The second-order valence-electron chi connectivity index (χ2n) is 12.6. The van der Waals surface area contributed by atoms with E-state index in [1.54, 1.807) is 12.3 Å². The molecule has 7 aromatic rings. The van der Waals surface area contributed by atoms with Crippen molar-refractivity contribution in [3.8, 4) is 39.5 Å². The van der Waals surface area contributed by atoms with Crippen molar-refractivity contribution in [1.82, 2.24) is 4.98 Å². The SMILES string of the molecule is Cc1cccc(-c2cc(-c3cccc4ccccc34)c3nc(-c4ccccc4N=Cc4cc(C(C)(C)C)ccc4O)oc3c2)c1. The molecule has 0 aliphatic rings. The predicted octanol–water partition coefficient (Wildman–Crippen LogP) is 11.0. The standard InChI is InChI=1S/C41H34N2O2/c1-26-11-9-14-28(21-26)29-23-35(33-17-10-13-27-12-5-6-15-32(27)33)39-38(24-29)45-40(43-39)34-16-7-8-18-36(34)42-25-30-22-31(41(2,3)4)19-20-37(30)44/h5-25,44H,1-4H3. The number of aromatic nitrogens is 1. The maximum atomic E-state index is 10.6. The van der Waals surface area contributed by atoms with Gasteiger partial charge in [0.2, 0.25) is 5.89 Å². The topological polar surface area (TPSA) is 58.6 Å². The Morgan fingerprint density at radius 1 is 0.711 bits per heavy atom. The van der Waals surface area contributed by atoms with E-state index < -0.39 is 0 Å². The predicted molar refractivity (Wildman–Crippen MR) is 187 cm³/mol. The zero-order chi connectivity index (χ0) is 31.1. The highest BCUT2D eigenvalue weighted by Gasteiger charge is 2.19. The fraction of sp³-hybridized carbons (Fsp3) is 0.122. The van der Waals surface area contributed by atoms with Gasteiger partial charge in [-0.1, -0.05) is 111 Å². The molecule has 220 valence electrons. The average Bonchev–Trinajstić information content (AvgIpc) is 3.47. The Labute approximate surface area is 263 Å². The zero-order valence-corrected chi connectivity index (χ0v) is 25.9. The molecule has 0 spiro atoms. The normalized spacial score (nSPS) is 12.0. The molecular formula is C41H34N2O2. The van der Waals surface area contributed by atoms with Gasteiger partial charge in [0, 0.05) is 17.3 Å². The third-order valence-electron chi connectivity index (χ3n) is 8.30. The van der Waals surface area contributed by atoms with Crippen molar-refractivity contribution in [3.63, 3.8) is 0 Å². The first-order chi connectivity index (χ1) is 21.7. The number of benzene rings is 6. The van der Waals surface area contributed by atoms with Crippen LogP contribution in [0.3, 0.4) is 0 Å². The third kappa shape index (κ3) is 5.51. The van der Waals surface area contributed by atoms with E-state index in [4.69, 9.17) is 14.4 Å². The van der Waals surface area contributed by atoms with Crippen LogP contribution in [0.15, 0.2) is 131 Å². The molecule has 0 fully saturated rings. The molecule has 0 bridgehead atoms. The van der Waals surface area contributed by atoms with E-state index in [9.17, 15) is 5.11 Å². The van der Waals surface area contributed by atoms with E-state index in [0.29, 0.717) is 22.7 Å². The highest BCUT2D eigenvalue weighted by atomic mass is 16.3. The largest absolute Gasteiger partial charge is 0.507 e. The summed E-state index contributed by atoms with van der Waals surface area (Å²) in [6.07, 6.45) is 1.71. The van der Waals surface area contributed by atoms with Crippen LogP contribution in [0.5, 0.6) is 5.75 Å². The lowest BCUT2D eigenvalue weighted by atomic mass is 9.86. The Balaban J connectivity index is 1.39. The summed E-state index contributed by atoms with van der Waals surface area (Å²) in [5.74, 6) is 0.683. The maximum Gasteiger partial charge on any atom is 0.229 e. The summed E-state index contributed by atoms with van der Waals surface area (Å²) in [5, 5.41) is 12.9. The van der Waals surface area contributed by atoms with E-state index in [1.807, 2.05) is 36.4 Å². The summed E-state index contributed by atoms with van der Waals surface area (Å²) in [4.78, 5) is 9.93. The van der Waals surface area contributed by atoms with Gasteiger partial charge in [0.05, 0.1) is 11.3 Å². The maximum absolute atomic E-state index is 10.6. The minimum absolute atomic E-state index is 0.0501. The first-order valence-corrected chi connectivity index (χ1v) is 15.2. The number of aliphatic imine (C=N–C) groups is 1. The molecule has 45 heavy (non-hydrogen) atoms. The van der Waals surface area contributed by atoms with E-state index in [1.165, 1.54) is 10.9 Å². The molecule has 4 heteroatoms. The molecule has 1 N–H and O–H groups in total. The molecule has 7 rings (SSSR count). The van der Waals surface area contributed by atoms with Crippen molar-refractivity contribution in [1.29, 1.82) is 0 Å². The summed E-state index contributed by atoms with van der Waals surface area (Å²) in [5.41, 5.74) is 10.2. The summed E-state index contributed by atoms with van der Waals surface area (Å²) in [6.45, 7) is 8.57. The number of oxazole rings is 1. The van der Waals surface area contributed by atoms with Crippen LogP contribution in [-0.4, -0.2) is 16.3 Å². The first kappa shape index (κ1) is 28.3. The Hall–Kier alpha value is -5.48. The minimum atomic E-state index is -0.0501. The summed E-state index contributed by atoms with van der Waals surface area (Å²) in [7, 11) is 0. The number of hydrogen-bond donors (Lipinski definition) is 1. The lowest BCUT2D eigenvalue weighted by molar-refractivity contribution is 0.473. The van der Waals surface area contributed by atoms with Gasteiger partial charge >= 0.3 is 0 Å². The third-order valence-corrected chi connectivity index (χ3v) is 8.30. The van der Waals surface area contributed by atoms with Gasteiger partial charge in [0.1, 0.15) is 11.3 Å². The molecule has 0 saturated heterocycles. The number of aromatic hydroxyl groups is 1. The van der Waals surface area contributed by atoms with Gasteiger partial charge in [-0.25, -0.2) is 4.98 Å². The number of para-hydroxylation sites is 1. The average molecular weight is 587 g/mol. The molecule has 4 nitrogen and oxygen atoms in total. The van der Waals surface area contributed by atoms with Crippen molar-refractivity contribution in [3.05, 3.63) is 138 Å². The minimum Gasteiger partial charge on any atom is -0.507 e. The Kier molecular flexibility index (Phi) is 7.06. The summed E-state index contributed by atoms with van der Waals surface area (Å²) < 4.78 is 6.57. The monoisotopic (exact) mass is 586 g/mol. The smallest absolute Gasteiger partial charge is 0.229 e. The number of aryl methyl sites for hydroxylation is 1. The zero-order valence-electron chi connectivity index (χ0n) is 25.9. The number of hydrogen-bond acceptors (Lipinski definition) is 4. The van der Waals surface area contributed by atoms with Crippen LogP contribution in [0.2, 0.25) is 0 Å². The van der Waals surface area contributed by atoms with Gasteiger partial charge in [0.15, 0.2) is 5.58 Å². The summed E-state index contributed by atoms with van der Waals surface area (Å²) in [6, 6.07) is 41.1. The molecule has 6 aromatic carbocycles. The van der Waals surface area contributed by atoms with Crippen LogP contribution in [0.1, 0.15) is 37.5 Å². The highest BCUT2D eigenvalue weighted by molar-refractivity contribution is 6.05. The molecular weight excluding hydrogens is 552 g/mol. The van der Waals surface area contributed by atoms with Crippen LogP contribution < -0.4 is 0 Å². The van der Waals surface area contributed by atoms with E-state index in [0.717, 1.165) is 44.3 Å². The van der Waals surface area contributed by atoms with Gasteiger partial charge < -0.3 is 9.52 Å². The second kappa shape index (κ2) is 11.2. The highest BCUT2D eigenvalue weighted by Crippen LogP contribution is 2.40. The van der Waals surface area contributed by atoms with Gasteiger partial charge in [0.25, 0.3) is 0 Å². The fourth-order valence-electron chi connectivity index (χ4n) is 5.83. The van der Waals surface area contributed by atoms with Gasteiger partial charge in [-0.2, -0.15) is 0 Å². The molecule has 0 aliphatic heterocycles. The molecule has 0 aliphatic carbocycles. The van der Waals surface area contributed by atoms with Crippen molar-refractivity contribution < 1.29 is 9.52 Å². The van der Waals surface area contributed by atoms with Crippen molar-refractivity contribution in [2.45, 2.75) is 33.1 Å². The number of phenolic OH excluding ortho intramolecular Hbond substituents is 1. The molecule has 0 saturated carbocycles. The van der Waals surface area contributed by atoms with Gasteiger partial charge in [-0.3, -0.25) is 4.99 Å². The number of nitrogens with zero attached hydrogens (tertiary/aromatic N) is 2. The number of rotatable bonds is 5. The molecule has 0 atom stereocenters. The summed E-state index contributed by atoms with van der Waals surface area (Å²) >= 11 is 0. The van der Waals surface area contributed by atoms with Gasteiger partial charge in [-0.15, -0.1) is 0 Å². The fourth-order valence-corrected chi connectivity index (χ4v) is 5.83. The van der Waals surface area contributed by atoms with Crippen LogP contribution in [0.4, 0.5) is 5.69 Å². The lowest BCUT2D eigenvalue weighted by Gasteiger charge is -2.19. The van der Waals surface area contributed by atoms with Crippen LogP contribution in [0.25, 0.3) is 55.6 Å². The van der Waals surface area contributed by atoms with Crippen molar-refractivity contribution in [2.24, 2.45) is 4.99 Å². The van der Waals surface area contributed by atoms with Gasteiger partial charge in [-0.05, 0) is 81.8 Å². The van der Waals surface area contributed by atoms with Crippen molar-refractivity contribution in [2.75, 3.05) is 0 Å². The van der Waals surface area contributed by atoms with E-state index in [2.05, 4.69) is 107 Å². The van der Waals surface area contributed by atoms with E-state index in [-0.39, 0.29) is 11.2 Å². The molecule has 1 heterocycles.